The zero-order chi connectivity index (χ0) is 17.1. The summed E-state index contributed by atoms with van der Waals surface area (Å²) in [4.78, 5) is 11.2. The van der Waals surface area contributed by atoms with Crippen molar-refractivity contribution in [3.63, 3.8) is 0 Å². The molecular formula is C19H19N5O. The molecule has 0 aliphatic carbocycles. The maximum absolute atomic E-state index is 9.12. The van der Waals surface area contributed by atoms with Gasteiger partial charge in [-0.15, -0.1) is 0 Å². The summed E-state index contributed by atoms with van der Waals surface area (Å²) < 4.78 is 5.81. The van der Waals surface area contributed by atoms with Gasteiger partial charge in [-0.25, -0.2) is 9.97 Å². The number of benzene rings is 1. The molecule has 1 N–H and O–H groups in total. The molecule has 6 nitrogen and oxygen atoms in total. The van der Waals surface area contributed by atoms with Crippen molar-refractivity contribution in [2.24, 2.45) is 5.92 Å². The summed E-state index contributed by atoms with van der Waals surface area (Å²) in [5.41, 5.74) is 2.34. The number of anilines is 1. The van der Waals surface area contributed by atoms with Crippen molar-refractivity contribution in [3.05, 3.63) is 54.0 Å². The van der Waals surface area contributed by atoms with Gasteiger partial charge in [-0.05, 0) is 43.1 Å². The Morgan fingerprint density at radius 1 is 1.28 bits per heavy atom. The standard InChI is InChI=1S/C19H19N5O/c20-10-15-4-3-8-21-19(15)22-11-14-7-9-24(12-14)13-18-23-16-5-1-2-6-17(16)25-18/h1-6,8,14H,7,9,11-13H2,(H,21,22). The van der Waals surface area contributed by atoms with Crippen molar-refractivity contribution >= 4 is 16.9 Å². The lowest BCUT2D eigenvalue weighted by Crippen LogP contribution is -2.23. The van der Waals surface area contributed by atoms with E-state index in [4.69, 9.17) is 9.68 Å². The molecule has 1 unspecified atom stereocenters. The number of likely N-dealkylation sites (tertiary alicyclic amines) is 1. The minimum absolute atomic E-state index is 0.526. The molecule has 2 aromatic heterocycles. The van der Waals surface area contributed by atoms with E-state index >= 15 is 0 Å². The Hall–Kier alpha value is -2.91. The van der Waals surface area contributed by atoms with Crippen LogP contribution in [0.4, 0.5) is 5.82 Å². The van der Waals surface area contributed by atoms with Crippen LogP contribution in [0.5, 0.6) is 0 Å². The van der Waals surface area contributed by atoms with Gasteiger partial charge in [0.25, 0.3) is 0 Å². The van der Waals surface area contributed by atoms with Crippen molar-refractivity contribution in [2.45, 2.75) is 13.0 Å². The number of pyridine rings is 1. The minimum atomic E-state index is 0.526. The highest BCUT2D eigenvalue weighted by atomic mass is 16.3. The smallest absolute Gasteiger partial charge is 0.209 e. The zero-order valence-electron chi connectivity index (χ0n) is 13.9. The predicted molar refractivity (Wildman–Crippen MR) is 94.8 cm³/mol. The van der Waals surface area contributed by atoms with E-state index in [9.17, 15) is 0 Å². The lowest BCUT2D eigenvalue weighted by Gasteiger charge is -2.15. The van der Waals surface area contributed by atoms with Gasteiger partial charge < -0.3 is 9.73 Å². The predicted octanol–water partition coefficient (Wildman–Crippen LogP) is 3.03. The van der Waals surface area contributed by atoms with Crippen molar-refractivity contribution in [1.29, 1.82) is 5.26 Å². The fraction of sp³-hybridized carbons (Fsp3) is 0.316. The monoisotopic (exact) mass is 333 g/mol. The number of nitrogens with one attached hydrogen (secondary N) is 1. The summed E-state index contributed by atoms with van der Waals surface area (Å²) in [6.07, 6.45) is 2.82. The lowest BCUT2D eigenvalue weighted by molar-refractivity contribution is 0.286. The van der Waals surface area contributed by atoms with Crippen molar-refractivity contribution in [1.82, 2.24) is 14.9 Å². The van der Waals surface area contributed by atoms with Crippen LogP contribution in [0.2, 0.25) is 0 Å². The van der Waals surface area contributed by atoms with E-state index in [0.717, 1.165) is 49.6 Å². The topological polar surface area (TPSA) is 78.0 Å². The maximum Gasteiger partial charge on any atom is 0.209 e. The normalized spacial score (nSPS) is 17.6. The summed E-state index contributed by atoms with van der Waals surface area (Å²) in [6.45, 7) is 3.56. The number of rotatable bonds is 5. The Kier molecular flexibility index (Phi) is 4.32. The van der Waals surface area contributed by atoms with E-state index < -0.39 is 0 Å². The lowest BCUT2D eigenvalue weighted by atomic mass is 10.1. The molecular weight excluding hydrogens is 314 g/mol. The van der Waals surface area contributed by atoms with E-state index in [1.807, 2.05) is 24.3 Å². The largest absolute Gasteiger partial charge is 0.439 e. The zero-order valence-corrected chi connectivity index (χ0v) is 13.9. The first-order valence-electron chi connectivity index (χ1n) is 8.47. The summed E-state index contributed by atoms with van der Waals surface area (Å²) in [5, 5.41) is 12.4. The Morgan fingerprint density at radius 3 is 3.08 bits per heavy atom. The van der Waals surface area contributed by atoms with Crippen LogP contribution in [-0.2, 0) is 6.54 Å². The highest BCUT2D eigenvalue weighted by molar-refractivity contribution is 5.72. The third kappa shape index (κ3) is 3.47. The quantitative estimate of drug-likeness (QED) is 0.773. The molecule has 126 valence electrons. The number of aromatic nitrogens is 2. The number of hydrogen-bond acceptors (Lipinski definition) is 6. The highest BCUT2D eigenvalue weighted by Gasteiger charge is 2.24. The molecule has 25 heavy (non-hydrogen) atoms. The minimum Gasteiger partial charge on any atom is -0.439 e. The van der Waals surface area contributed by atoms with Crippen molar-refractivity contribution in [2.75, 3.05) is 25.0 Å². The Balaban J connectivity index is 1.33. The number of fused-ring (bicyclic) bond motifs is 1. The van der Waals surface area contributed by atoms with Crippen molar-refractivity contribution < 1.29 is 4.42 Å². The van der Waals surface area contributed by atoms with Gasteiger partial charge in [0.2, 0.25) is 5.89 Å². The molecule has 1 saturated heterocycles. The summed E-state index contributed by atoms with van der Waals surface area (Å²) in [5.74, 6) is 1.96. The van der Waals surface area contributed by atoms with Crippen LogP contribution in [-0.4, -0.2) is 34.5 Å². The van der Waals surface area contributed by atoms with Crippen LogP contribution in [0.25, 0.3) is 11.1 Å². The molecule has 0 radical (unpaired) electrons. The summed E-state index contributed by atoms with van der Waals surface area (Å²) in [7, 11) is 0. The van der Waals surface area contributed by atoms with Crippen LogP contribution in [0.3, 0.4) is 0 Å². The molecule has 3 heterocycles. The number of oxazole rings is 1. The molecule has 0 spiro atoms. The Bertz CT molecular complexity index is 880. The van der Waals surface area contributed by atoms with Gasteiger partial charge in [-0.3, -0.25) is 4.90 Å². The molecule has 1 fully saturated rings. The van der Waals surface area contributed by atoms with Crippen LogP contribution < -0.4 is 5.32 Å². The SMILES string of the molecule is N#Cc1cccnc1NCC1CCN(Cc2nc3ccccc3o2)C1. The number of nitrogens with zero attached hydrogens (tertiary/aromatic N) is 4. The summed E-state index contributed by atoms with van der Waals surface area (Å²) >= 11 is 0. The maximum atomic E-state index is 9.12. The van der Waals surface area contributed by atoms with E-state index in [-0.39, 0.29) is 0 Å². The van der Waals surface area contributed by atoms with Gasteiger partial charge in [-0.1, -0.05) is 12.1 Å². The van der Waals surface area contributed by atoms with E-state index in [2.05, 4.69) is 26.3 Å². The number of hydrogen-bond donors (Lipinski definition) is 1. The second kappa shape index (κ2) is 6.91. The molecule has 0 amide bonds. The Morgan fingerprint density at radius 2 is 2.20 bits per heavy atom. The molecule has 4 rings (SSSR count). The van der Waals surface area contributed by atoms with E-state index in [0.29, 0.717) is 17.3 Å². The van der Waals surface area contributed by atoms with Gasteiger partial charge in [0.15, 0.2) is 5.58 Å². The van der Waals surface area contributed by atoms with E-state index in [1.54, 1.807) is 18.3 Å². The summed E-state index contributed by atoms with van der Waals surface area (Å²) in [6, 6.07) is 13.6. The van der Waals surface area contributed by atoms with Gasteiger partial charge >= 0.3 is 0 Å². The molecule has 1 aliphatic heterocycles. The Labute approximate surface area is 146 Å². The molecule has 3 aromatic rings. The second-order valence-corrected chi connectivity index (χ2v) is 6.36. The van der Waals surface area contributed by atoms with Crippen LogP contribution in [0, 0.1) is 17.2 Å². The van der Waals surface area contributed by atoms with Gasteiger partial charge in [0.1, 0.15) is 17.4 Å². The number of para-hydroxylation sites is 2. The average Bonchev–Trinajstić information content (AvgIpc) is 3.26. The fourth-order valence-electron chi connectivity index (χ4n) is 3.28. The molecule has 6 heteroatoms. The highest BCUT2D eigenvalue weighted by Crippen LogP contribution is 2.21. The first-order valence-corrected chi connectivity index (χ1v) is 8.47. The van der Waals surface area contributed by atoms with Crippen molar-refractivity contribution in [3.8, 4) is 6.07 Å². The van der Waals surface area contributed by atoms with Gasteiger partial charge in [0.05, 0.1) is 12.1 Å². The van der Waals surface area contributed by atoms with E-state index in [1.165, 1.54) is 0 Å². The van der Waals surface area contributed by atoms with Crippen LogP contribution >= 0.6 is 0 Å². The molecule has 1 aliphatic rings. The van der Waals surface area contributed by atoms with Crippen LogP contribution in [0.1, 0.15) is 17.9 Å². The van der Waals surface area contributed by atoms with Gasteiger partial charge in [-0.2, -0.15) is 5.26 Å². The third-order valence-corrected chi connectivity index (χ3v) is 4.55. The first kappa shape index (κ1) is 15.6. The molecule has 1 aromatic carbocycles. The molecule has 1 atom stereocenters. The molecule has 0 bridgehead atoms. The molecule has 0 saturated carbocycles. The fourth-order valence-corrected chi connectivity index (χ4v) is 3.28. The second-order valence-electron chi connectivity index (χ2n) is 6.36. The third-order valence-electron chi connectivity index (χ3n) is 4.55. The van der Waals surface area contributed by atoms with Gasteiger partial charge in [0, 0.05) is 19.3 Å². The number of nitriles is 1. The first-order chi connectivity index (χ1) is 12.3. The van der Waals surface area contributed by atoms with Crippen LogP contribution in [0.15, 0.2) is 47.0 Å². The average molecular weight is 333 g/mol.